The van der Waals surface area contributed by atoms with Gasteiger partial charge in [0, 0.05) is 10.8 Å². The Labute approximate surface area is 356 Å². The second-order valence-electron chi connectivity index (χ2n) is 10.9. The number of aromatic hydroxyl groups is 1. The largest absolute Gasteiger partial charge is 0.505 e. The van der Waals surface area contributed by atoms with Crippen LogP contribution in [0.5, 0.6) is 5.75 Å². The van der Waals surface area contributed by atoms with Crippen LogP contribution in [0.15, 0.2) is 101 Å². The van der Waals surface area contributed by atoms with Crippen molar-refractivity contribution in [2.24, 2.45) is 20.5 Å². The molecule has 0 radical (unpaired) electrons. The number of phenolic OH excluding ortho intramolecular Hbond substituents is 1. The highest BCUT2D eigenvalue weighted by Gasteiger charge is 2.25. The van der Waals surface area contributed by atoms with Gasteiger partial charge in [0.25, 0.3) is 20.2 Å². The first-order valence-electron chi connectivity index (χ1n) is 15.5. The van der Waals surface area contributed by atoms with Gasteiger partial charge in [0.15, 0.2) is 50.1 Å². The number of hydrogen-bond acceptors (Lipinski definition) is 28. The van der Waals surface area contributed by atoms with E-state index < -0.39 is 97.4 Å². The molecule has 0 fully saturated rings. The lowest BCUT2D eigenvalue weighted by Crippen LogP contribution is -2.13. The fraction of sp³-hybridized carbons (Fsp3) is 0.185. The zero-order valence-corrected chi connectivity index (χ0v) is 35.4. The summed E-state index contributed by atoms with van der Waals surface area (Å²) in [6.45, 7) is -0.986. The Hall–Kier alpha value is -3.73. The van der Waals surface area contributed by atoms with Gasteiger partial charge in [0.2, 0.25) is 0 Å². The van der Waals surface area contributed by atoms with E-state index in [1.54, 1.807) is 0 Å². The van der Waals surface area contributed by atoms with Crippen LogP contribution in [0, 0.1) is 0 Å². The van der Waals surface area contributed by atoms with Crippen molar-refractivity contribution in [3.8, 4) is 5.75 Å². The maximum atomic E-state index is 13.2. The summed E-state index contributed by atoms with van der Waals surface area (Å²) in [7, 11) is -18.3. The normalized spacial score (nSPS) is 12.9. The fourth-order valence-electron chi connectivity index (χ4n) is 4.67. The zero-order valence-electron chi connectivity index (χ0n) is 29.7. The third kappa shape index (κ3) is 14.4. The molecule has 34 heteroatoms. The number of fused-ring (bicyclic) bond motifs is 1. The predicted octanol–water partition coefficient (Wildman–Crippen LogP) is 5.86. The smallest absolute Gasteiger partial charge is 0.296 e. The van der Waals surface area contributed by atoms with E-state index in [1.807, 2.05) is 0 Å². The number of nitrogens with zero attached hydrogens (tertiary/aromatic N) is 4. The van der Waals surface area contributed by atoms with Crippen molar-refractivity contribution >= 4 is 116 Å². The molecule has 0 aliphatic rings. The number of phenols is 1. The summed E-state index contributed by atoms with van der Waals surface area (Å²) >= 11 is 0.410. The van der Waals surface area contributed by atoms with Gasteiger partial charge in [-0.15, -0.1) is 33.5 Å². The molecule has 27 nitrogen and oxygen atoms in total. The highest BCUT2D eigenvalue weighted by molar-refractivity contribution is 7.94. The van der Waals surface area contributed by atoms with E-state index in [1.165, 1.54) is 36.4 Å². The summed E-state index contributed by atoms with van der Waals surface area (Å²) in [6, 6.07) is 11.1. The second kappa shape index (κ2) is 22.6. The minimum absolute atomic E-state index is 0.0900. The number of sulfone groups is 2. The molecule has 0 saturated carbocycles. The van der Waals surface area contributed by atoms with Crippen molar-refractivity contribution < 1.29 is 100 Å². The van der Waals surface area contributed by atoms with Crippen LogP contribution >= 0.6 is 36.7 Å². The first-order chi connectivity index (χ1) is 28.8. The van der Waals surface area contributed by atoms with Crippen molar-refractivity contribution in [2.75, 3.05) is 35.9 Å². The lowest BCUT2D eigenvalue weighted by molar-refractivity contribution is -0.434. The Balaban J connectivity index is 1.85. The van der Waals surface area contributed by atoms with Crippen molar-refractivity contribution in [3.63, 3.8) is 0 Å². The fourth-order valence-corrected chi connectivity index (χ4v) is 9.21. The van der Waals surface area contributed by atoms with Crippen molar-refractivity contribution in [3.05, 3.63) is 60.7 Å². The Morgan fingerprint density at radius 1 is 0.623 bits per heavy atom. The Morgan fingerprint density at radius 2 is 1.21 bits per heavy atom. The summed E-state index contributed by atoms with van der Waals surface area (Å²) in [5.41, 5.74) is -1.90. The van der Waals surface area contributed by atoms with E-state index >= 15 is 0 Å². The lowest BCUT2D eigenvalue weighted by atomic mass is 10.1. The van der Waals surface area contributed by atoms with Crippen LogP contribution in [-0.2, 0) is 76.4 Å². The number of benzene rings is 4. The molecule has 0 aromatic heterocycles. The minimum Gasteiger partial charge on any atom is -0.505 e. The molecule has 0 unspecified atom stereocenters. The molecule has 0 heterocycles. The van der Waals surface area contributed by atoms with Crippen molar-refractivity contribution in [1.29, 1.82) is 0 Å². The highest BCUT2D eigenvalue weighted by atomic mass is 32.2. The van der Waals surface area contributed by atoms with Crippen LogP contribution in [0.4, 0.5) is 28.4 Å². The molecule has 4 rings (SSSR count). The van der Waals surface area contributed by atoms with Crippen LogP contribution in [-0.4, -0.2) is 94.3 Å². The Morgan fingerprint density at radius 3 is 1.82 bits per heavy atom. The van der Waals surface area contributed by atoms with E-state index in [9.17, 15) is 47.9 Å². The molecule has 0 aliphatic heterocycles. The molecule has 7 N–H and O–H groups in total. The van der Waals surface area contributed by atoms with E-state index in [0.717, 1.165) is 18.2 Å². The molecular formula is C27H27N5O22S7. The lowest BCUT2D eigenvalue weighted by Gasteiger charge is -2.14. The Kier molecular flexibility index (Phi) is 18.5. The summed E-state index contributed by atoms with van der Waals surface area (Å²) < 4.78 is 141. The monoisotopic (exact) mass is 997 g/mol. The van der Waals surface area contributed by atoms with Gasteiger partial charge in [-0.1, -0.05) is 27.2 Å². The maximum absolute atomic E-state index is 13.2. The van der Waals surface area contributed by atoms with Gasteiger partial charge in [0.1, 0.15) is 33.5 Å². The van der Waals surface area contributed by atoms with Gasteiger partial charge in [-0.2, -0.15) is 16.8 Å². The average Bonchev–Trinajstić information content (AvgIpc) is 3.20. The second-order valence-corrected chi connectivity index (χ2v) is 19.7. The standard InChI is InChI=1S/C27H27N5O22S7/c33-27-17-6-8-21(28-15-60(41,42)43)25(31-29-19-3-1-2-4-23(19)59(39,40)12-10-48-57-54-51-36)18(17)14-22(55-52-49-34)26(27)32-30-20-7-5-16(13-24(20)61(44,45)46)58(37,38)11-9-47-56-53-50-35/h1-8,13-14,28,33-36H,9-12,15H2,(H,41,42,43)(H,44,45,46)/b31-29+,32-30+. The van der Waals surface area contributed by atoms with Crippen LogP contribution in [0.1, 0.15) is 0 Å². The van der Waals surface area contributed by atoms with E-state index in [4.69, 9.17) is 24.1 Å². The minimum atomic E-state index is -5.22. The molecule has 0 spiro atoms. The maximum Gasteiger partial charge on any atom is 0.296 e. The molecule has 0 saturated heterocycles. The molecule has 4 aromatic carbocycles. The zero-order chi connectivity index (χ0) is 44.8. The number of hydrogen-bond donors (Lipinski definition) is 7. The Bertz CT molecular complexity index is 2690. The summed E-state index contributed by atoms with van der Waals surface area (Å²) in [6.07, 6.45) is 0. The van der Waals surface area contributed by atoms with Gasteiger partial charge >= 0.3 is 0 Å². The number of anilines is 1. The molecular weight excluding hydrogens is 971 g/mol. The highest BCUT2D eigenvalue weighted by Crippen LogP contribution is 2.48. The summed E-state index contributed by atoms with van der Waals surface area (Å²) in [4.78, 5) is -2.31. The van der Waals surface area contributed by atoms with Crippen molar-refractivity contribution in [2.45, 2.75) is 19.6 Å². The topological polar surface area (TPSA) is 393 Å². The predicted molar refractivity (Wildman–Crippen MR) is 208 cm³/mol. The summed E-state index contributed by atoms with van der Waals surface area (Å²) in [5.74, 6) is -3.22. The SMILES string of the molecule is O=S(=O)(O)CNc1ccc2c(O)c(/N=N/c3ccc(S(=O)(=O)CCOSOOO)cc3S(=O)(=O)O)c(SOOO)cc2c1/N=N/c1ccccc1S(=O)(=O)CCOSOOO. The van der Waals surface area contributed by atoms with Gasteiger partial charge in [-0.05, 0) is 48.5 Å². The number of azo groups is 2. The van der Waals surface area contributed by atoms with E-state index in [2.05, 4.69) is 53.9 Å². The van der Waals surface area contributed by atoms with Gasteiger partial charge < -0.3 is 10.4 Å². The molecule has 0 aliphatic carbocycles. The van der Waals surface area contributed by atoms with Crippen molar-refractivity contribution in [1.82, 2.24) is 0 Å². The molecule has 0 amide bonds. The molecule has 0 atom stereocenters. The quantitative estimate of drug-likeness (QED) is 0.0102. The molecule has 4 aromatic rings. The van der Waals surface area contributed by atoms with E-state index in [0.29, 0.717) is 6.07 Å². The van der Waals surface area contributed by atoms with Crippen LogP contribution in [0.25, 0.3) is 10.8 Å². The molecule has 0 bridgehead atoms. The van der Waals surface area contributed by atoms with Crippen LogP contribution < -0.4 is 5.32 Å². The van der Waals surface area contributed by atoms with E-state index in [-0.39, 0.29) is 74.3 Å². The molecule has 334 valence electrons. The number of rotatable bonds is 25. The summed E-state index contributed by atoms with van der Waals surface area (Å²) in [5, 5.41) is 65.0. The van der Waals surface area contributed by atoms with Gasteiger partial charge in [-0.25, -0.2) is 32.6 Å². The molecule has 61 heavy (non-hydrogen) atoms. The van der Waals surface area contributed by atoms with Crippen LogP contribution in [0.3, 0.4) is 0 Å². The first kappa shape index (κ1) is 49.9. The number of nitrogens with one attached hydrogen (secondary N) is 1. The third-order valence-electron chi connectivity index (χ3n) is 7.17. The third-order valence-corrected chi connectivity index (χ3v) is 13.3. The van der Waals surface area contributed by atoms with Gasteiger partial charge in [-0.3, -0.25) is 17.5 Å². The first-order valence-corrected chi connectivity index (χ1v) is 23.9. The average molecular weight is 998 g/mol. The van der Waals surface area contributed by atoms with Crippen LogP contribution in [0.2, 0.25) is 0 Å². The van der Waals surface area contributed by atoms with Gasteiger partial charge in [0.05, 0.1) is 57.1 Å².